The number of likely N-dealkylation sites (tertiary alicyclic amines) is 1. The van der Waals surface area contributed by atoms with Gasteiger partial charge in [0.05, 0.1) is 6.61 Å². The number of piperazine rings is 1. The van der Waals surface area contributed by atoms with E-state index in [2.05, 4.69) is 22.1 Å². The number of hydrogen-bond acceptors (Lipinski definition) is 6. The molecular formula is C32H44N4O4. The quantitative estimate of drug-likeness (QED) is 0.443. The summed E-state index contributed by atoms with van der Waals surface area (Å²) in [6.07, 6.45) is 12.0. The molecule has 1 aromatic carbocycles. The van der Waals surface area contributed by atoms with Crippen LogP contribution in [0, 0.1) is 5.92 Å². The van der Waals surface area contributed by atoms with Gasteiger partial charge in [-0.05, 0) is 54.9 Å². The average Bonchev–Trinajstić information content (AvgIpc) is 2.99. The van der Waals surface area contributed by atoms with Crippen molar-refractivity contribution in [3.05, 3.63) is 53.7 Å². The van der Waals surface area contributed by atoms with E-state index in [-0.39, 0.29) is 24.5 Å². The van der Waals surface area contributed by atoms with Crippen LogP contribution in [0.3, 0.4) is 0 Å². The number of aliphatic hydroxyl groups is 1. The molecule has 8 heteroatoms. The predicted molar refractivity (Wildman–Crippen MR) is 154 cm³/mol. The van der Waals surface area contributed by atoms with E-state index in [0.717, 1.165) is 50.0 Å². The Bertz CT molecular complexity index is 1120. The van der Waals surface area contributed by atoms with E-state index in [1.807, 2.05) is 47.5 Å². The lowest BCUT2D eigenvalue weighted by Crippen LogP contribution is -2.73. The number of benzene rings is 1. The molecule has 3 aliphatic rings. The zero-order valence-corrected chi connectivity index (χ0v) is 23.8. The second-order valence-electron chi connectivity index (χ2n) is 11.8. The van der Waals surface area contributed by atoms with Crippen LogP contribution in [0.4, 0.5) is 0 Å². The summed E-state index contributed by atoms with van der Waals surface area (Å²) in [6.45, 7) is 5.06. The number of carbonyl (C=O) groups is 2. The van der Waals surface area contributed by atoms with Crippen molar-refractivity contribution in [2.75, 3.05) is 19.6 Å². The van der Waals surface area contributed by atoms with E-state index in [4.69, 9.17) is 4.74 Å². The number of nitrogens with one attached hydrogen (secondary N) is 1. The first-order valence-electron chi connectivity index (χ1n) is 15.2. The molecule has 1 saturated carbocycles. The minimum Gasteiger partial charge on any atom is -0.439 e. The van der Waals surface area contributed by atoms with Gasteiger partial charge in [0.2, 0.25) is 17.7 Å². The number of rotatable bonds is 10. The summed E-state index contributed by atoms with van der Waals surface area (Å²) >= 11 is 0. The maximum atomic E-state index is 13.8. The number of ether oxygens (including phenoxy) is 1. The van der Waals surface area contributed by atoms with Crippen LogP contribution in [0.15, 0.2) is 42.6 Å². The molecule has 8 nitrogen and oxygen atoms in total. The summed E-state index contributed by atoms with van der Waals surface area (Å²) in [7, 11) is 0. The molecule has 3 heterocycles. The van der Waals surface area contributed by atoms with E-state index >= 15 is 0 Å². The molecule has 2 amide bonds. The van der Waals surface area contributed by atoms with Crippen molar-refractivity contribution in [1.29, 1.82) is 0 Å². The second-order valence-corrected chi connectivity index (χ2v) is 11.8. The maximum absolute atomic E-state index is 13.8. The molecule has 40 heavy (non-hydrogen) atoms. The van der Waals surface area contributed by atoms with Crippen LogP contribution in [-0.2, 0) is 22.7 Å². The fourth-order valence-electron chi connectivity index (χ4n) is 6.62. The molecule has 1 aliphatic carbocycles. The number of piperidine rings is 1. The first-order chi connectivity index (χ1) is 19.5. The smallest absolute Gasteiger partial charge is 0.246 e. The number of amides is 2. The van der Waals surface area contributed by atoms with Crippen LogP contribution >= 0.6 is 0 Å². The maximum Gasteiger partial charge on any atom is 0.246 e. The SMILES string of the molecule is CCCCN1C(=O)[C@H](CC2CCCCC2)NC(=O)C12CCN(Cc1ccc(Oc3ccc(CO)cc3)nc1)CC2. The number of nitrogens with zero attached hydrogens (tertiary/aromatic N) is 3. The molecule has 2 aromatic rings. The van der Waals surface area contributed by atoms with Gasteiger partial charge >= 0.3 is 0 Å². The number of carbonyl (C=O) groups excluding carboxylic acids is 2. The largest absolute Gasteiger partial charge is 0.439 e. The molecule has 216 valence electrons. The minimum absolute atomic E-state index is 0.00351. The van der Waals surface area contributed by atoms with Gasteiger partial charge in [-0.3, -0.25) is 14.5 Å². The topological polar surface area (TPSA) is 95.0 Å². The van der Waals surface area contributed by atoms with Gasteiger partial charge in [0.25, 0.3) is 0 Å². The van der Waals surface area contributed by atoms with Gasteiger partial charge in [0.1, 0.15) is 17.3 Å². The fraction of sp³-hybridized carbons (Fsp3) is 0.594. The van der Waals surface area contributed by atoms with Crippen LogP contribution in [0.2, 0.25) is 0 Å². The summed E-state index contributed by atoms with van der Waals surface area (Å²) < 4.78 is 5.83. The van der Waals surface area contributed by atoms with Crippen molar-refractivity contribution in [2.24, 2.45) is 5.92 Å². The Morgan fingerprint density at radius 3 is 2.40 bits per heavy atom. The van der Waals surface area contributed by atoms with Crippen molar-refractivity contribution >= 4 is 11.8 Å². The van der Waals surface area contributed by atoms with Crippen molar-refractivity contribution in [2.45, 2.75) is 95.9 Å². The summed E-state index contributed by atoms with van der Waals surface area (Å²) in [4.78, 5) is 36.2. The molecule has 3 fully saturated rings. The lowest BCUT2D eigenvalue weighted by Gasteiger charge is -2.52. The van der Waals surface area contributed by atoms with Gasteiger partial charge in [0.15, 0.2) is 0 Å². The highest BCUT2D eigenvalue weighted by Crippen LogP contribution is 2.36. The zero-order chi connectivity index (χ0) is 28.0. The molecule has 1 aromatic heterocycles. The second kappa shape index (κ2) is 13.1. The summed E-state index contributed by atoms with van der Waals surface area (Å²) in [5.74, 6) is 1.93. The Hall–Kier alpha value is -2.97. The van der Waals surface area contributed by atoms with Gasteiger partial charge in [-0.15, -0.1) is 0 Å². The van der Waals surface area contributed by atoms with Crippen LogP contribution in [0.25, 0.3) is 0 Å². The first-order valence-corrected chi connectivity index (χ1v) is 15.2. The van der Waals surface area contributed by atoms with Crippen molar-refractivity contribution in [1.82, 2.24) is 20.1 Å². The standard InChI is InChI=1S/C32H44N4O4/c1-2-3-17-36-30(38)28(20-24-7-5-4-6-8-24)34-31(39)32(36)15-18-35(19-16-32)22-26-11-14-29(33-21-26)40-27-12-9-25(23-37)10-13-27/h9-14,21,24,28,37H,2-8,15-20,22-23H2,1H3,(H,34,39)/t28-/m0/s1. The number of hydrogen-bond donors (Lipinski definition) is 2. The third kappa shape index (κ3) is 6.50. The third-order valence-electron chi connectivity index (χ3n) is 9.05. The number of aliphatic hydroxyl groups excluding tert-OH is 1. The number of unbranched alkanes of at least 4 members (excludes halogenated alkanes) is 1. The number of pyridine rings is 1. The Labute approximate surface area is 238 Å². The van der Waals surface area contributed by atoms with E-state index < -0.39 is 5.54 Å². The Morgan fingerprint density at radius 1 is 1.02 bits per heavy atom. The van der Waals surface area contributed by atoms with Crippen LogP contribution in [0.5, 0.6) is 11.6 Å². The molecular weight excluding hydrogens is 504 g/mol. The minimum atomic E-state index is -0.729. The highest BCUT2D eigenvalue weighted by atomic mass is 16.5. The lowest BCUT2D eigenvalue weighted by molar-refractivity contribution is -0.162. The fourth-order valence-corrected chi connectivity index (χ4v) is 6.62. The van der Waals surface area contributed by atoms with Gasteiger partial charge in [-0.1, -0.05) is 63.6 Å². The molecule has 2 aliphatic heterocycles. The van der Waals surface area contributed by atoms with Crippen LogP contribution < -0.4 is 10.1 Å². The highest BCUT2D eigenvalue weighted by Gasteiger charge is 2.53. The molecule has 1 spiro atoms. The van der Waals surface area contributed by atoms with E-state index in [1.165, 1.54) is 32.1 Å². The monoisotopic (exact) mass is 548 g/mol. The highest BCUT2D eigenvalue weighted by molar-refractivity contribution is 6.00. The molecule has 2 N–H and O–H groups in total. The molecule has 2 saturated heterocycles. The summed E-state index contributed by atoms with van der Waals surface area (Å²) in [5.41, 5.74) is 1.19. The third-order valence-corrected chi connectivity index (χ3v) is 9.05. The molecule has 0 radical (unpaired) electrons. The zero-order valence-electron chi connectivity index (χ0n) is 23.8. The molecule has 0 unspecified atom stereocenters. The van der Waals surface area contributed by atoms with Crippen molar-refractivity contribution < 1.29 is 19.4 Å². The van der Waals surface area contributed by atoms with Crippen molar-refractivity contribution in [3.63, 3.8) is 0 Å². The van der Waals surface area contributed by atoms with Gasteiger partial charge < -0.3 is 20.1 Å². The van der Waals surface area contributed by atoms with Crippen LogP contribution in [-0.4, -0.2) is 62.9 Å². The summed E-state index contributed by atoms with van der Waals surface area (Å²) in [6, 6.07) is 10.8. The van der Waals surface area contributed by atoms with E-state index in [1.54, 1.807) is 0 Å². The lowest BCUT2D eigenvalue weighted by atomic mass is 9.79. The Kier molecular flexibility index (Phi) is 9.37. The van der Waals surface area contributed by atoms with Gasteiger partial charge in [-0.25, -0.2) is 4.98 Å². The normalized spacial score (nSPS) is 21.9. The number of aromatic nitrogens is 1. The average molecular weight is 549 g/mol. The van der Waals surface area contributed by atoms with Gasteiger partial charge in [0, 0.05) is 38.4 Å². The van der Waals surface area contributed by atoms with E-state index in [0.29, 0.717) is 36.9 Å². The Balaban J connectivity index is 1.18. The molecule has 0 bridgehead atoms. The van der Waals surface area contributed by atoms with Crippen LogP contribution in [0.1, 0.15) is 82.3 Å². The van der Waals surface area contributed by atoms with Gasteiger partial charge in [-0.2, -0.15) is 0 Å². The summed E-state index contributed by atoms with van der Waals surface area (Å²) in [5, 5.41) is 12.4. The van der Waals surface area contributed by atoms with E-state index in [9.17, 15) is 14.7 Å². The first kappa shape index (κ1) is 28.6. The molecule has 5 rings (SSSR count). The van der Waals surface area contributed by atoms with Crippen molar-refractivity contribution in [3.8, 4) is 11.6 Å². The molecule has 1 atom stereocenters. The predicted octanol–water partition coefficient (Wildman–Crippen LogP) is 4.80. The Morgan fingerprint density at radius 2 is 1.75 bits per heavy atom.